The molecule has 0 atom stereocenters. The first kappa shape index (κ1) is 14.4. The van der Waals surface area contributed by atoms with E-state index >= 15 is 0 Å². The summed E-state index contributed by atoms with van der Waals surface area (Å²) in [5.41, 5.74) is 0.888. The summed E-state index contributed by atoms with van der Waals surface area (Å²) in [7, 11) is 2.80. The number of ether oxygens (including phenoxy) is 2. The third-order valence-corrected chi connectivity index (χ3v) is 2.54. The lowest BCUT2D eigenvalue weighted by Gasteiger charge is -2.06. The molecule has 0 saturated heterocycles. The van der Waals surface area contributed by atoms with E-state index in [1.165, 1.54) is 20.3 Å². The van der Waals surface area contributed by atoms with Crippen molar-refractivity contribution < 1.29 is 18.7 Å². The van der Waals surface area contributed by atoms with Gasteiger partial charge in [-0.05, 0) is 30.7 Å². The highest BCUT2D eigenvalue weighted by molar-refractivity contribution is 5.69. The van der Waals surface area contributed by atoms with E-state index in [0.29, 0.717) is 25.9 Å². The lowest BCUT2D eigenvalue weighted by Crippen LogP contribution is -2.21. The van der Waals surface area contributed by atoms with Crippen LogP contribution in [0.4, 0.5) is 4.39 Å². The van der Waals surface area contributed by atoms with Crippen molar-refractivity contribution in [3.8, 4) is 5.75 Å². The molecule has 4 nitrogen and oxygen atoms in total. The molecule has 0 aliphatic carbocycles. The van der Waals surface area contributed by atoms with E-state index in [-0.39, 0.29) is 17.5 Å². The molecule has 0 saturated carbocycles. The van der Waals surface area contributed by atoms with Crippen LogP contribution in [-0.2, 0) is 16.0 Å². The maximum atomic E-state index is 13.4. The van der Waals surface area contributed by atoms with Crippen LogP contribution in [0.1, 0.15) is 12.0 Å². The van der Waals surface area contributed by atoms with Crippen molar-refractivity contribution in [2.45, 2.75) is 12.8 Å². The number of methoxy groups -OCH3 is 2. The highest BCUT2D eigenvalue weighted by atomic mass is 19.1. The van der Waals surface area contributed by atoms with Crippen molar-refractivity contribution in [3.05, 3.63) is 29.6 Å². The highest BCUT2D eigenvalue weighted by Gasteiger charge is 2.03. The Labute approximate surface area is 106 Å². The first-order chi connectivity index (χ1) is 8.67. The summed E-state index contributed by atoms with van der Waals surface area (Å²) in [5.74, 6) is -0.347. The van der Waals surface area contributed by atoms with E-state index in [9.17, 15) is 9.18 Å². The molecule has 1 rings (SSSR count). The van der Waals surface area contributed by atoms with Crippen molar-refractivity contribution >= 4 is 5.97 Å². The van der Waals surface area contributed by atoms with Crippen LogP contribution in [0.3, 0.4) is 0 Å². The number of benzene rings is 1. The normalized spacial score (nSPS) is 10.2. The zero-order valence-electron chi connectivity index (χ0n) is 10.7. The van der Waals surface area contributed by atoms with Crippen LogP contribution >= 0.6 is 0 Å². The van der Waals surface area contributed by atoms with Gasteiger partial charge in [-0.3, -0.25) is 4.79 Å². The predicted molar refractivity (Wildman–Crippen MR) is 66.2 cm³/mol. The smallest absolute Gasteiger partial charge is 0.306 e. The van der Waals surface area contributed by atoms with Gasteiger partial charge in [-0.1, -0.05) is 6.07 Å². The van der Waals surface area contributed by atoms with Gasteiger partial charge in [0.15, 0.2) is 11.6 Å². The molecule has 0 heterocycles. The summed E-state index contributed by atoms with van der Waals surface area (Å²) in [4.78, 5) is 10.8. The number of nitrogens with one attached hydrogen (secondary N) is 1. The lowest BCUT2D eigenvalue weighted by molar-refractivity contribution is -0.140. The molecule has 0 aliphatic rings. The number of rotatable bonds is 7. The molecule has 0 unspecified atom stereocenters. The quantitative estimate of drug-likeness (QED) is 0.593. The molecule has 0 spiro atoms. The van der Waals surface area contributed by atoms with Crippen LogP contribution in [0.2, 0.25) is 0 Å². The van der Waals surface area contributed by atoms with Gasteiger partial charge in [-0.15, -0.1) is 0 Å². The van der Waals surface area contributed by atoms with Gasteiger partial charge in [0.05, 0.1) is 20.6 Å². The molecule has 0 bridgehead atoms. The van der Waals surface area contributed by atoms with E-state index < -0.39 is 0 Å². The van der Waals surface area contributed by atoms with Crippen LogP contribution < -0.4 is 10.1 Å². The number of esters is 1. The fourth-order valence-electron chi connectivity index (χ4n) is 1.52. The molecule has 18 heavy (non-hydrogen) atoms. The number of halogens is 1. The second kappa shape index (κ2) is 7.66. The van der Waals surface area contributed by atoms with Gasteiger partial charge in [-0.2, -0.15) is 0 Å². The van der Waals surface area contributed by atoms with Gasteiger partial charge in [0, 0.05) is 6.54 Å². The molecule has 100 valence electrons. The van der Waals surface area contributed by atoms with Gasteiger partial charge in [-0.25, -0.2) is 4.39 Å². The van der Waals surface area contributed by atoms with Crippen LogP contribution in [0.25, 0.3) is 0 Å². The fraction of sp³-hybridized carbons (Fsp3) is 0.462. The molecule has 0 aliphatic heterocycles. The highest BCUT2D eigenvalue weighted by Crippen LogP contribution is 2.17. The van der Waals surface area contributed by atoms with Crippen molar-refractivity contribution in [2.75, 3.05) is 27.3 Å². The van der Waals surface area contributed by atoms with Crippen molar-refractivity contribution in [2.24, 2.45) is 0 Å². The summed E-state index contributed by atoms with van der Waals surface area (Å²) >= 11 is 0. The number of carbonyl (C=O) groups is 1. The van der Waals surface area contributed by atoms with Gasteiger partial charge >= 0.3 is 5.97 Å². The minimum Gasteiger partial charge on any atom is -0.494 e. The van der Waals surface area contributed by atoms with E-state index in [1.54, 1.807) is 6.07 Å². The third-order valence-electron chi connectivity index (χ3n) is 2.54. The molecule has 1 N–H and O–H groups in total. The Morgan fingerprint density at radius 1 is 1.33 bits per heavy atom. The molecule has 0 amide bonds. The molecule has 0 fully saturated rings. The SMILES string of the molecule is COC(=O)CCNCCc1ccc(OC)c(F)c1. The van der Waals surface area contributed by atoms with Crippen LogP contribution in [-0.4, -0.2) is 33.3 Å². The van der Waals surface area contributed by atoms with Gasteiger partial charge in [0.2, 0.25) is 0 Å². The second-order valence-corrected chi connectivity index (χ2v) is 3.80. The molecule has 5 heteroatoms. The maximum absolute atomic E-state index is 13.4. The first-order valence-electron chi connectivity index (χ1n) is 5.77. The average Bonchev–Trinajstić information content (AvgIpc) is 2.38. The number of hydrogen-bond acceptors (Lipinski definition) is 4. The predicted octanol–water partition coefficient (Wildman–Crippen LogP) is 1.53. The van der Waals surface area contributed by atoms with Gasteiger partial charge < -0.3 is 14.8 Å². The van der Waals surface area contributed by atoms with Crippen LogP contribution in [0, 0.1) is 5.82 Å². The second-order valence-electron chi connectivity index (χ2n) is 3.80. The monoisotopic (exact) mass is 255 g/mol. The molecule has 0 radical (unpaired) electrons. The Balaban J connectivity index is 2.27. The third kappa shape index (κ3) is 4.71. The van der Waals surface area contributed by atoms with Crippen molar-refractivity contribution in [3.63, 3.8) is 0 Å². The number of carbonyl (C=O) groups excluding carboxylic acids is 1. The van der Waals surface area contributed by atoms with Gasteiger partial charge in [0.1, 0.15) is 0 Å². The van der Waals surface area contributed by atoms with E-state index in [4.69, 9.17) is 4.74 Å². The molecular formula is C13H18FNO3. The summed E-state index contributed by atoms with van der Waals surface area (Å²) in [6.07, 6.45) is 1.04. The van der Waals surface area contributed by atoms with Crippen molar-refractivity contribution in [1.82, 2.24) is 5.32 Å². The van der Waals surface area contributed by atoms with Crippen molar-refractivity contribution in [1.29, 1.82) is 0 Å². The van der Waals surface area contributed by atoms with E-state index in [0.717, 1.165) is 5.56 Å². The Kier molecular flexibility index (Phi) is 6.14. The standard InChI is InChI=1S/C13H18FNO3/c1-17-12-4-3-10(9-11(12)14)5-7-15-8-6-13(16)18-2/h3-4,9,15H,5-8H2,1-2H3. The first-order valence-corrected chi connectivity index (χ1v) is 5.77. The van der Waals surface area contributed by atoms with Crippen LogP contribution in [0.5, 0.6) is 5.75 Å². The number of hydrogen-bond donors (Lipinski definition) is 1. The summed E-state index contributed by atoms with van der Waals surface area (Å²) in [6, 6.07) is 4.89. The Morgan fingerprint density at radius 3 is 2.72 bits per heavy atom. The van der Waals surface area contributed by atoms with Crippen LogP contribution in [0.15, 0.2) is 18.2 Å². The molecule has 1 aromatic carbocycles. The average molecular weight is 255 g/mol. The van der Waals surface area contributed by atoms with E-state index in [1.807, 2.05) is 6.07 Å². The molecule has 1 aromatic rings. The van der Waals surface area contributed by atoms with E-state index in [2.05, 4.69) is 10.1 Å². The minimum atomic E-state index is -0.357. The summed E-state index contributed by atoms with van der Waals surface area (Å²) in [6.45, 7) is 1.24. The fourth-order valence-corrected chi connectivity index (χ4v) is 1.52. The summed E-state index contributed by atoms with van der Waals surface area (Å²) < 4.78 is 22.7. The topological polar surface area (TPSA) is 47.6 Å². The Bertz CT molecular complexity index is 396. The maximum Gasteiger partial charge on any atom is 0.306 e. The zero-order valence-corrected chi connectivity index (χ0v) is 10.7. The zero-order chi connectivity index (χ0) is 13.4. The lowest BCUT2D eigenvalue weighted by atomic mass is 10.1. The van der Waals surface area contributed by atoms with Gasteiger partial charge in [0.25, 0.3) is 0 Å². The minimum absolute atomic E-state index is 0.238. The molecular weight excluding hydrogens is 237 g/mol. The largest absolute Gasteiger partial charge is 0.494 e. The summed E-state index contributed by atoms with van der Waals surface area (Å²) in [5, 5.41) is 3.09. The Hall–Kier alpha value is -1.62. The molecule has 0 aromatic heterocycles. The Morgan fingerprint density at radius 2 is 2.11 bits per heavy atom.